The van der Waals surface area contributed by atoms with Crippen LogP contribution in [0.4, 0.5) is 11.6 Å². The molecule has 0 amide bonds. The van der Waals surface area contributed by atoms with Gasteiger partial charge in [-0.25, -0.2) is 9.97 Å². The molecule has 90 valence electrons. The Morgan fingerprint density at radius 2 is 2.00 bits per heavy atom. The van der Waals surface area contributed by atoms with Gasteiger partial charge in [0.15, 0.2) is 0 Å². The first-order valence-corrected chi connectivity index (χ1v) is 5.94. The minimum Gasteiger partial charge on any atom is -0.372 e. The van der Waals surface area contributed by atoms with Crippen molar-refractivity contribution in [3.8, 4) is 0 Å². The van der Waals surface area contributed by atoms with E-state index in [1.807, 2.05) is 7.05 Å². The maximum absolute atomic E-state index is 4.19. The molecule has 16 heavy (non-hydrogen) atoms. The van der Waals surface area contributed by atoms with Crippen LogP contribution < -0.4 is 10.6 Å². The smallest absolute Gasteiger partial charge is 0.146 e. The molecule has 1 unspecified atom stereocenters. The Balaban J connectivity index is 2.67. The number of likely N-dealkylation sites (N-methyl/N-ethyl adjacent to an activating group) is 1. The van der Waals surface area contributed by atoms with Crippen molar-refractivity contribution < 1.29 is 0 Å². The van der Waals surface area contributed by atoms with E-state index < -0.39 is 0 Å². The van der Waals surface area contributed by atoms with Crippen molar-refractivity contribution in [3.63, 3.8) is 0 Å². The second-order valence-electron chi connectivity index (χ2n) is 3.83. The Bertz CT molecular complexity index is 342. The van der Waals surface area contributed by atoms with Gasteiger partial charge in [-0.3, -0.25) is 0 Å². The molecule has 1 aromatic heterocycles. The molecule has 0 fully saturated rings. The third-order valence-electron chi connectivity index (χ3n) is 2.47. The van der Waals surface area contributed by atoms with Crippen LogP contribution in [0.2, 0.25) is 0 Å². The molecule has 1 heterocycles. The first kappa shape index (κ1) is 13.2. The Hall–Kier alpha value is -0.880. The monoisotopic (exact) mass is 287 g/mol. The largest absolute Gasteiger partial charge is 0.372 e. The standard InChI is InChI=1S/C10H18BrN5/c1-7(16(3)4)5-13-10-8(11)9(12-2)14-6-15-10/h6-7H,5H2,1-4H3,(H2,12,13,14,15). The topological polar surface area (TPSA) is 53.1 Å². The summed E-state index contributed by atoms with van der Waals surface area (Å²) in [6.07, 6.45) is 1.54. The molecule has 0 saturated carbocycles. The molecule has 0 saturated heterocycles. The number of anilines is 2. The maximum atomic E-state index is 4.19. The highest BCUT2D eigenvalue weighted by Crippen LogP contribution is 2.25. The Labute approximate surface area is 105 Å². The van der Waals surface area contributed by atoms with E-state index in [1.165, 1.54) is 0 Å². The van der Waals surface area contributed by atoms with E-state index in [9.17, 15) is 0 Å². The molecule has 0 bridgehead atoms. The fourth-order valence-corrected chi connectivity index (χ4v) is 1.64. The van der Waals surface area contributed by atoms with Crippen LogP contribution in [-0.4, -0.2) is 48.6 Å². The fourth-order valence-electron chi connectivity index (χ4n) is 1.09. The summed E-state index contributed by atoms with van der Waals surface area (Å²) in [7, 11) is 5.94. The Kier molecular flexibility index (Phi) is 4.95. The molecule has 0 aliphatic rings. The van der Waals surface area contributed by atoms with Gasteiger partial charge >= 0.3 is 0 Å². The summed E-state index contributed by atoms with van der Waals surface area (Å²) in [6, 6.07) is 0.444. The van der Waals surface area contributed by atoms with Crippen LogP contribution in [-0.2, 0) is 0 Å². The predicted octanol–water partition coefficient (Wildman–Crippen LogP) is 1.64. The van der Waals surface area contributed by atoms with Crippen LogP contribution in [0.3, 0.4) is 0 Å². The molecular formula is C10H18BrN5. The molecule has 1 aromatic rings. The van der Waals surface area contributed by atoms with Gasteiger partial charge in [0.1, 0.15) is 22.4 Å². The van der Waals surface area contributed by atoms with Gasteiger partial charge in [0.05, 0.1) is 0 Å². The summed E-state index contributed by atoms with van der Waals surface area (Å²) in [5.41, 5.74) is 0. The number of hydrogen-bond acceptors (Lipinski definition) is 5. The molecule has 0 spiro atoms. The van der Waals surface area contributed by atoms with Crippen LogP contribution in [0.25, 0.3) is 0 Å². The van der Waals surface area contributed by atoms with Gasteiger partial charge in [-0.05, 0) is 36.9 Å². The van der Waals surface area contributed by atoms with Crippen LogP contribution in [0.5, 0.6) is 0 Å². The number of aromatic nitrogens is 2. The third-order valence-corrected chi connectivity index (χ3v) is 3.22. The van der Waals surface area contributed by atoms with Crippen LogP contribution in [0.1, 0.15) is 6.92 Å². The Morgan fingerprint density at radius 1 is 1.38 bits per heavy atom. The fraction of sp³-hybridized carbons (Fsp3) is 0.600. The number of rotatable bonds is 5. The van der Waals surface area contributed by atoms with Gasteiger partial charge in [0.2, 0.25) is 0 Å². The summed E-state index contributed by atoms with van der Waals surface area (Å²) in [4.78, 5) is 10.4. The van der Waals surface area contributed by atoms with Gasteiger partial charge in [-0.2, -0.15) is 0 Å². The lowest BCUT2D eigenvalue weighted by Crippen LogP contribution is -2.31. The van der Waals surface area contributed by atoms with Gasteiger partial charge in [-0.1, -0.05) is 0 Å². The van der Waals surface area contributed by atoms with E-state index in [0.717, 1.165) is 22.7 Å². The van der Waals surface area contributed by atoms with Crippen molar-refractivity contribution in [1.29, 1.82) is 0 Å². The molecule has 0 aliphatic carbocycles. The molecule has 1 atom stereocenters. The highest BCUT2D eigenvalue weighted by molar-refractivity contribution is 9.10. The highest BCUT2D eigenvalue weighted by atomic mass is 79.9. The lowest BCUT2D eigenvalue weighted by molar-refractivity contribution is 0.326. The number of nitrogens with zero attached hydrogens (tertiary/aromatic N) is 3. The SMILES string of the molecule is CNc1ncnc(NCC(C)N(C)C)c1Br. The minimum atomic E-state index is 0.444. The molecule has 0 radical (unpaired) electrons. The molecular weight excluding hydrogens is 270 g/mol. The summed E-state index contributed by atoms with van der Waals surface area (Å²) in [6.45, 7) is 2.99. The van der Waals surface area contributed by atoms with E-state index >= 15 is 0 Å². The van der Waals surface area contributed by atoms with Crippen molar-refractivity contribution in [2.24, 2.45) is 0 Å². The highest BCUT2D eigenvalue weighted by Gasteiger charge is 2.09. The summed E-state index contributed by atoms with van der Waals surface area (Å²) >= 11 is 3.46. The van der Waals surface area contributed by atoms with Gasteiger partial charge in [0, 0.05) is 19.6 Å². The first-order valence-electron chi connectivity index (χ1n) is 5.14. The molecule has 5 nitrogen and oxygen atoms in total. The lowest BCUT2D eigenvalue weighted by atomic mass is 10.3. The molecule has 1 rings (SSSR count). The van der Waals surface area contributed by atoms with Crippen LogP contribution in [0.15, 0.2) is 10.8 Å². The van der Waals surface area contributed by atoms with E-state index in [2.05, 4.69) is 62.5 Å². The van der Waals surface area contributed by atoms with Crippen molar-refractivity contribution in [3.05, 3.63) is 10.8 Å². The van der Waals surface area contributed by atoms with Gasteiger partial charge in [-0.15, -0.1) is 0 Å². The van der Waals surface area contributed by atoms with Gasteiger partial charge < -0.3 is 15.5 Å². The zero-order valence-electron chi connectivity index (χ0n) is 10.1. The first-order chi connectivity index (χ1) is 7.56. The Morgan fingerprint density at radius 3 is 2.56 bits per heavy atom. The van der Waals surface area contributed by atoms with Gasteiger partial charge in [0.25, 0.3) is 0 Å². The normalized spacial score (nSPS) is 12.6. The maximum Gasteiger partial charge on any atom is 0.146 e. The third kappa shape index (κ3) is 3.31. The predicted molar refractivity (Wildman–Crippen MR) is 70.9 cm³/mol. The number of nitrogens with one attached hydrogen (secondary N) is 2. The quantitative estimate of drug-likeness (QED) is 0.862. The zero-order chi connectivity index (χ0) is 12.1. The lowest BCUT2D eigenvalue weighted by Gasteiger charge is -2.20. The average Bonchev–Trinajstić information content (AvgIpc) is 2.27. The van der Waals surface area contributed by atoms with Crippen molar-refractivity contribution in [1.82, 2.24) is 14.9 Å². The zero-order valence-corrected chi connectivity index (χ0v) is 11.7. The number of halogens is 1. The number of hydrogen-bond donors (Lipinski definition) is 2. The van der Waals surface area contributed by atoms with E-state index in [-0.39, 0.29) is 0 Å². The van der Waals surface area contributed by atoms with E-state index in [1.54, 1.807) is 6.33 Å². The minimum absolute atomic E-state index is 0.444. The molecule has 6 heteroatoms. The summed E-state index contributed by atoms with van der Waals surface area (Å²) in [5, 5.41) is 6.29. The molecule has 2 N–H and O–H groups in total. The van der Waals surface area contributed by atoms with E-state index in [0.29, 0.717) is 6.04 Å². The summed E-state index contributed by atoms with van der Waals surface area (Å²) < 4.78 is 0.864. The van der Waals surface area contributed by atoms with Crippen LogP contribution in [0, 0.1) is 0 Å². The molecule has 0 aliphatic heterocycles. The van der Waals surface area contributed by atoms with E-state index in [4.69, 9.17) is 0 Å². The van der Waals surface area contributed by atoms with Crippen LogP contribution >= 0.6 is 15.9 Å². The second kappa shape index (κ2) is 6.00. The second-order valence-corrected chi connectivity index (χ2v) is 4.62. The molecule has 0 aromatic carbocycles. The summed E-state index contributed by atoms with van der Waals surface area (Å²) in [5.74, 6) is 1.60. The van der Waals surface area contributed by atoms with Crippen molar-refractivity contribution >= 4 is 27.6 Å². The average molecular weight is 288 g/mol. The van der Waals surface area contributed by atoms with Crippen molar-refractivity contribution in [2.45, 2.75) is 13.0 Å². The van der Waals surface area contributed by atoms with Crippen molar-refractivity contribution in [2.75, 3.05) is 38.3 Å².